The van der Waals surface area contributed by atoms with Crippen molar-refractivity contribution >= 4 is 34.4 Å². The molecule has 0 aliphatic rings. The van der Waals surface area contributed by atoms with E-state index in [1.807, 2.05) is 19.9 Å². The molecule has 0 saturated heterocycles. The van der Waals surface area contributed by atoms with Gasteiger partial charge in [0, 0.05) is 28.7 Å². The number of benzene rings is 2. The van der Waals surface area contributed by atoms with E-state index in [4.69, 9.17) is 11.6 Å². The highest BCUT2D eigenvalue weighted by atomic mass is 35.5. The summed E-state index contributed by atoms with van der Waals surface area (Å²) in [5.74, 6) is -0.363. The zero-order chi connectivity index (χ0) is 22.4. The average Bonchev–Trinajstić information content (AvgIpc) is 3.33. The van der Waals surface area contributed by atoms with Gasteiger partial charge in [0.05, 0.1) is 5.69 Å². The molecule has 0 radical (unpaired) electrons. The van der Waals surface area contributed by atoms with Crippen molar-refractivity contribution in [1.82, 2.24) is 23.8 Å². The first kappa shape index (κ1) is 20.0. The molecule has 32 heavy (non-hydrogen) atoms. The SMILES string of the molecule is Cc1ccc(C)c(-c2cc3c4nn(CC(=O)Nc5ccc(Cl)cc5)c(=O)n4ccn3n2)c1. The average molecular weight is 447 g/mol. The van der Waals surface area contributed by atoms with Crippen molar-refractivity contribution < 1.29 is 4.79 Å². The molecule has 5 aromatic rings. The molecule has 0 atom stereocenters. The van der Waals surface area contributed by atoms with Gasteiger partial charge >= 0.3 is 5.69 Å². The van der Waals surface area contributed by atoms with Crippen LogP contribution in [0.4, 0.5) is 5.69 Å². The Morgan fingerprint density at radius 2 is 1.81 bits per heavy atom. The summed E-state index contributed by atoms with van der Waals surface area (Å²) in [5.41, 5.74) is 5.36. The molecule has 0 aliphatic heterocycles. The van der Waals surface area contributed by atoms with Crippen LogP contribution >= 0.6 is 11.6 Å². The van der Waals surface area contributed by atoms with Gasteiger partial charge in [0.1, 0.15) is 12.1 Å². The first-order valence-corrected chi connectivity index (χ1v) is 10.4. The normalized spacial score (nSPS) is 11.3. The number of amides is 1. The Morgan fingerprint density at radius 3 is 2.59 bits per heavy atom. The zero-order valence-electron chi connectivity index (χ0n) is 17.4. The van der Waals surface area contributed by atoms with Gasteiger partial charge in [-0.15, -0.1) is 5.10 Å². The third-order valence-corrected chi connectivity index (χ3v) is 5.53. The minimum absolute atomic E-state index is 0.215. The smallest absolute Gasteiger partial charge is 0.324 e. The third-order valence-electron chi connectivity index (χ3n) is 5.28. The van der Waals surface area contributed by atoms with Crippen LogP contribution in [0.5, 0.6) is 0 Å². The molecule has 2 aromatic carbocycles. The molecule has 8 nitrogen and oxygen atoms in total. The summed E-state index contributed by atoms with van der Waals surface area (Å²) in [6.07, 6.45) is 3.31. The Labute approximate surface area is 187 Å². The lowest BCUT2D eigenvalue weighted by atomic mass is 10.0. The summed E-state index contributed by atoms with van der Waals surface area (Å²) >= 11 is 5.87. The highest BCUT2D eigenvalue weighted by molar-refractivity contribution is 6.30. The lowest BCUT2D eigenvalue weighted by Crippen LogP contribution is -2.28. The molecule has 160 valence electrons. The van der Waals surface area contributed by atoms with Gasteiger partial charge in [-0.1, -0.05) is 29.3 Å². The van der Waals surface area contributed by atoms with Crippen LogP contribution in [-0.2, 0) is 11.3 Å². The zero-order valence-corrected chi connectivity index (χ0v) is 18.2. The van der Waals surface area contributed by atoms with E-state index in [0.717, 1.165) is 27.1 Å². The van der Waals surface area contributed by atoms with E-state index in [1.165, 1.54) is 4.40 Å². The summed E-state index contributed by atoms with van der Waals surface area (Å²) in [7, 11) is 0. The number of anilines is 1. The minimum Gasteiger partial charge on any atom is -0.324 e. The van der Waals surface area contributed by atoms with Crippen LogP contribution in [0, 0.1) is 13.8 Å². The van der Waals surface area contributed by atoms with Gasteiger partial charge in [0.2, 0.25) is 5.91 Å². The molecule has 0 spiro atoms. The number of hydrogen-bond donors (Lipinski definition) is 1. The molecular weight excluding hydrogens is 428 g/mol. The molecule has 0 bridgehead atoms. The maximum absolute atomic E-state index is 12.8. The number of halogens is 1. The second-order valence-corrected chi connectivity index (χ2v) is 8.10. The molecule has 0 saturated carbocycles. The van der Waals surface area contributed by atoms with Crippen molar-refractivity contribution in [2.75, 3.05) is 5.32 Å². The number of carbonyl (C=O) groups is 1. The van der Waals surface area contributed by atoms with Gasteiger partial charge < -0.3 is 5.32 Å². The van der Waals surface area contributed by atoms with E-state index < -0.39 is 5.69 Å². The molecular formula is C23H19ClN6O2. The maximum Gasteiger partial charge on any atom is 0.350 e. The fourth-order valence-electron chi connectivity index (χ4n) is 3.65. The number of rotatable bonds is 4. The molecule has 0 aliphatic carbocycles. The van der Waals surface area contributed by atoms with Crippen molar-refractivity contribution in [1.29, 1.82) is 0 Å². The quantitative estimate of drug-likeness (QED) is 0.456. The van der Waals surface area contributed by atoms with Crippen LogP contribution in [0.3, 0.4) is 0 Å². The lowest BCUT2D eigenvalue weighted by Gasteiger charge is -2.04. The molecule has 5 rings (SSSR count). The van der Waals surface area contributed by atoms with E-state index in [9.17, 15) is 9.59 Å². The van der Waals surface area contributed by atoms with Crippen molar-refractivity contribution in [2.24, 2.45) is 0 Å². The van der Waals surface area contributed by atoms with E-state index in [1.54, 1.807) is 41.2 Å². The van der Waals surface area contributed by atoms with Gasteiger partial charge in [-0.2, -0.15) is 5.10 Å². The number of nitrogens with one attached hydrogen (secondary N) is 1. The Kier molecular flexibility index (Phi) is 4.79. The number of carbonyl (C=O) groups excluding carboxylic acids is 1. The van der Waals surface area contributed by atoms with E-state index in [-0.39, 0.29) is 12.5 Å². The first-order chi connectivity index (χ1) is 15.4. The maximum atomic E-state index is 12.8. The number of aryl methyl sites for hydroxylation is 2. The standard InChI is InChI=1S/C23H19ClN6O2/c1-14-3-4-15(2)18(11-14)19-12-20-22-27-30(23(32)28(22)9-10-29(20)26-19)13-21(31)25-17-7-5-16(24)6-8-17/h3-12H,13H2,1-2H3,(H,25,31). The monoisotopic (exact) mass is 446 g/mol. The van der Waals surface area contributed by atoms with E-state index >= 15 is 0 Å². The molecule has 1 amide bonds. The predicted octanol–water partition coefficient (Wildman–Crippen LogP) is 3.72. The lowest BCUT2D eigenvalue weighted by molar-refractivity contribution is -0.117. The fraction of sp³-hybridized carbons (Fsp3) is 0.130. The van der Waals surface area contributed by atoms with Crippen molar-refractivity contribution in [2.45, 2.75) is 20.4 Å². The second-order valence-electron chi connectivity index (χ2n) is 7.66. The van der Waals surface area contributed by atoms with Gasteiger partial charge in [-0.3, -0.25) is 4.79 Å². The Bertz CT molecular complexity index is 1550. The van der Waals surface area contributed by atoms with Crippen molar-refractivity contribution in [3.63, 3.8) is 0 Å². The van der Waals surface area contributed by atoms with Gasteiger partial charge in [-0.25, -0.2) is 18.4 Å². The molecule has 9 heteroatoms. The van der Waals surface area contributed by atoms with Crippen LogP contribution in [0.2, 0.25) is 5.02 Å². The predicted molar refractivity (Wildman–Crippen MR) is 123 cm³/mol. The number of nitrogens with zero attached hydrogens (tertiary/aromatic N) is 5. The summed E-state index contributed by atoms with van der Waals surface area (Å²) in [6, 6.07) is 14.8. The molecule has 0 unspecified atom stereocenters. The number of fused-ring (bicyclic) bond motifs is 3. The summed E-state index contributed by atoms with van der Waals surface area (Å²) < 4.78 is 4.25. The summed E-state index contributed by atoms with van der Waals surface area (Å²) in [6.45, 7) is 3.85. The van der Waals surface area contributed by atoms with E-state index in [2.05, 4.69) is 33.7 Å². The van der Waals surface area contributed by atoms with Gasteiger partial charge in [0.15, 0.2) is 5.65 Å². The minimum atomic E-state index is -0.400. The van der Waals surface area contributed by atoms with Crippen LogP contribution in [0.25, 0.3) is 22.4 Å². The largest absolute Gasteiger partial charge is 0.350 e. The second kappa shape index (κ2) is 7.65. The van der Waals surface area contributed by atoms with Gasteiger partial charge in [-0.05, 0) is 55.8 Å². The molecule has 1 N–H and O–H groups in total. The van der Waals surface area contributed by atoms with Crippen LogP contribution < -0.4 is 11.0 Å². The number of aromatic nitrogens is 5. The molecule has 3 aromatic heterocycles. The number of hydrogen-bond acceptors (Lipinski definition) is 4. The highest BCUT2D eigenvalue weighted by Crippen LogP contribution is 2.25. The van der Waals surface area contributed by atoms with Crippen LogP contribution in [-0.4, -0.2) is 29.7 Å². The molecule has 3 heterocycles. The summed E-state index contributed by atoms with van der Waals surface area (Å²) in [4.78, 5) is 25.3. The van der Waals surface area contributed by atoms with Crippen LogP contribution in [0.1, 0.15) is 11.1 Å². The Hall–Kier alpha value is -3.91. The van der Waals surface area contributed by atoms with E-state index in [0.29, 0.717) is 21.9 Å². The third kappa shape index (κ3) is 3.54. The van der Waals surface area contributed by atoms with Crippen LogP contribution in [0.15, 0.2) is 65.7 Å². The first-order valence-electron chi connectivity index (χ1n) is 10.00. The van der Waals surface area contributed by atoms with Crippen molar-refractivity contribution in [3.8, 4) is 11.3 Å². The summed E-state index contributed by atoms with van der Waals surface area (Å²) in [5, 5.41) is 12.4. The topological polar surface area (TPSA) is 85.7 Å². The van der Waals surface area contributed by atoms with Gasteiger partial charge in [0.25, 0.3) is 0 Å². The fourth-order valence-corrected chi connectivity index (χ4v) is 3.78. The Balaban J connectivity index is 1.51. The van der Waals surface area contributed by atoms with Crippen molar-refractivity contribution in [3.05, 3.63) is 87.6 Å². The Morgan fingerprint density at radius 1 is 1.03 bits per heavy atom. The molecule has 0 fully saturated rings. The highest BCUT2D eigenvalue weighted by Gasteiger charge is 2.16.